The first-order valence-electron chi connectivity index (χ1n) is 7.82. The second-order valence-electron chi connectivity index (χ2n) is 5.89. The zero-order valence-corrected chi connectivity index (χ0v) is 16.4. The fraction of sp³-hybridized carbons (Fsp3) is 0.316. The molecule has 0 N–H and O–H groups in total. The van der Waals surface area contributed by atoms with Gasteiger partial charge in [0.1, 0.15) is 12.4 Å². The minimum absolute atomic E-state index is 0.0145. The van der Waals surface area contributed by atoms with E-state index in [0.717, 1.165) is 16.0 Å². The third-order valence-electron chi connectivity index (χ3n) is 3.93. The molecule has 0 spiro atoms. The minimum atomic E-state index is -1.13. The van der Waals surface area contributed by atoms with Crippen molar-refractivity contribution in [2.24, 2.45) is 0 Å². The van der Waals surface area contributed by atoms with Crippen molar-refractivity contribution in [3.8, 4) is 5.75 Å². The Balaban J connectivity index is 2.39. The van der Waals surface area contributed by atoms with Gasteiger partial charge in [-0.3, -0.25) is 13.2 Å². The molecule has 25 heavy (non-hydrogen) atoms. The van der Waals surface area contributed by atoms with Crippen LogP contribution in [-0.2, 0) is 26.4 Å². The topological polar surface area (TPSA) is 60.4 Å². The van der Waals surface area contributed by atoms with Gasteiger partial charge in [0.05, 0.1) is 0 Å². The Morgan fingerprint density at radius 2 is 1.56 bits per heavy atom. The smallest absolute Gasteiger partial charge is 0.167 e. The summed E-state index contributed by atoms with van der Waals surface area (Å²) in [6.45, 7) is 3.48. The molecule has 3 atom stereocenters. The van der Waals surface area contributed by atoms with E-state index in [1.165, 1.54) is 6.92 Å². The minimum Gasteiger partial charge on any atom is -0.486 e. The van der Waals surface area contributed by atoms with Gasteiger partial charge in [0.2, 0.25) is 0 Å². The molecule has 0 fully saturated rings. The van der Waals surface area contributed by atoms with Crippen LogP contribution < -0.4 is 4.74 Å². The van der Waals surface area contributed by atoms with Crippen LogP contribution in [0.2, 0.25) is 0 Å². The highest BCUT2D eigenvalue weighted by molar-refractivity contribution is 7.84. The summed E-state index contributed by atoms with van der Waals surface area (Å²) in [7, 11) is -2.14. The van der Waals surface area contributed by atoms with Gasteiger partial charge in [0.15, 0.2) is 5.78 Å². The second kappa shape index (κ2) is 8.54. The van der Waals surface area contributed by atoms with Crippen LogP contribution in [0.1, 0.15) is 30.9 Å². The van der Waals surface area contributed by atoms with E-state index in [9.17, 15) is 13.2 Å². The SMILES string of the molecule is CC(=O)COc1cc(S(C)=O)ccc1C(C)c1ccc(S(C)=O)cc1. The number of Topliss-reactive ketones (excluding diaryl/α,β-unsaturated/α-hetero) is 1. The summed E-state index contributed by atoms with van der Waals surface area (Å²) in [6.07, 6.45) is 3.26. The van der Waals surface area contributed by atoms with E-state index in [4.69, 9.17) is 4.74 Å². The number of hydrogen-bond acceptors (Lipinski definition) is 4. The summed E-state index contributed by atoms with van der Waals surface area (Å²) in [5.41, 5.74) is 1.97. The molecule has 2 aromatic carbocycles. The van der Waals surface area contributed by atoms with Gasteiger partial charge in [0.25, 0.3) is 0 Å². The third kappa shape index (κ3) is 5.09. The maximum atomic E-state index is 11.7. The van der Waals surface area contributed by atoms with E-state index in [0.29, 0.717) is 10.6 Å². The number of ketones is 1. The second-order valence-corrected chi connectivity index (χ2v) is 8.65. The van der Waals surface area contributed by atoms with E-state index in [2.05, 4.69) is 0 Å². The molecule has 0 aliphatic heterocycles. The molecular weight excluding hydrogens is 356 g/mol. The standard InChI is InChI=1S/C19H22O4S2/c1-13(20)12-23-19-11-17(25(4)22)9-10-18(19)14(2)15-5-7-16(8-6-15)24(3)21/h5-11,14H,12H2,1-4H3. The molecule has 2 rings (SSSR count). The Bertz CT molecular complexity index is 813. The van der Waals surface area contributed by atoms with Gasteiger partial charge in [-0.15, -0.1) is 0 Å². The van der Waals surface area contributed by atoms with Crippen molar-refractivity contribution in [1.29, 1.82) is 0 Å². The zero-order valence-electron chi connectivity index (χ0n) is 14.8. The lowest BCUT2D eigenvalue weighted by atomic mass is 9.92. The first kappa shape index (κ1) is 19.5. The van der Waals surface area contributed by atoms with Gasteiger partial charge in [-0.05, 0) is 36.8 Å². The molecular formula is C19H22O4S2. The highest BCUT2D eigenvalue weighted by atomic mass is 32.2. The third-order valence-corrected chi connectivity index (χ3v) is 5.78. The molecule has 0 saturated carbocycles. The van der Waals surface area contributed by atoms with Crippen molar-refractivity contribution < 1.29 is 17.9 Å². The number of carbonyl (C=O) groups is 1. The van der Waals surface area contributed by atoms with Crippen molar-refractivity contribution in [2.45, 2.75) is 29.6 Å². The Kier molecular flexibility index (Phi) is 6.67. The largest absolute Gasteiger partial charge is 0.486 e. The lowest BCUT2D eigenvalue weighted by Crippen LogP contribution is -2.10. The molecule has 0 amide bonds. The number of benzene rings is 2. The number of carbonyl (C=O) groups excluding carboxylic acids is 1. The predicted molar refractivity (Wildman–Crippen MR) is 101 cm³/mol. The molecule has 2 aromatic rings. The summed E-state index contributed by atoms with van der Waals surface area (Å²) in [5.74, 6) is 0.510. The van der Waals surface area contributed by atoms with E-state index in [1.807, 2.05) is 43.3 Å². The van der Waals surface area contributed by atoms with Crippen LogP contribution in [-0.4, -0.2) is 33.3 Å². The lowest BCUT2D eigenvalue weighted by molar-refractivity contribution is -0.118. The van der Waals surface area contributed by atoms with Crippen molar-refractivity contribution >= 4 is 27.4 Å². The van der Waals surface area contributed by atoms with E-state index >= 15 is 0 Å². The fourth-order valence-corrected chi connectivity index (χ4v) is 3.54. The number of hydrogen-bond donors (Lipinski definition) is 0. The van der Waals surface area contributed by atoms with Crippen LogP contribution in [0, 0.1) is 0 Å². The van der Waals surface area contributed by atoms with Gasteiger partial charge < -0.3 is 4.74 Å². The van der Waals surface area contributed by atoms with Crippen molar-refractivity contribution in [3.63, 3.8) is 0 Å². The van der Waals surface area contributed by atoms with Crippen molar-refractivity contribution in [2.75, 3.05) is 19.1 Å². The van der Waals surface area contributed by atoms with Gasteiger partial charge in [-0.25, -0.2) is 0 Å². The molecule has 0 aliphatic rings. The summed E-state index contributed by atoms with van der Waals surface area (Å²) < 4.78 is 28.9. The van der Waals surface area contributed by atoms with Gasteiger partial charge in [-0.1, -0.05) is 25.1 Å². The highest BCUT2D eigenvalue weighted by Crippen LogP contribution is 2.33. The van der Waals surface area contributed by atoms with Crippen LogP contribution in [0.25, 0.3) is 0 Å². The van der Waals surface area contributed by atoms with Gasteiger partial charge >= 0.3 is 0 Å². The average Bonchev–Trinajstić information content (AvgIpc) is 2.59. The normalized spacial score (nSPS) is 14.6. The van der Waals surface area contributed by atoms with Crippen LogP contribution in [0.4, 0.5) is 0 Å². The maximum absolute atomic E-state index is 11.7. The predicted octanol–water partition coefficient (Wildman–Crippen LogP) is 3.28. The molecule has 0 aromatic heterocycles. The van der Waals surface area contributed by atoms with Crippen LogP contribution in [0.3, 0.4) is 0 Å². The molecule has 4 nitrogen and oxygen atoms in total. The molecule has 0 radical (unpaired) electrons. The number of ether oxygens (including phenoxy) is 1. The number of rotatable bonds is 7. The Morgan fingerprint density at radius 3 is 2.08 bits per heavy atom. The maximum Gasteiger partial charge on any atom is 0.167 e. The summed E-state index contributed by atoms with van der Waals surface area (Å²) in [4.78, 5) is 12.7. The molecule has 0 saturated heterocycles. The Morgan fingerprint density at radius 1 is 1.00 bits per heavy atom. The Hall–Kier alpha value is -1.79. The van der Waals surface area contributed by atoms with E-state index in [-0.39, 0.29) is 18.3 Å². The highest BCUT2D eigenvalue weighted by Gasteiger charge is 2.16. The van der Waals surface area contributed by atoms with Crippen LogP contribution >= 0.6 is 0 Å². The first-order valence-corrected chi connectivity index (χ1v) is 10.9. The van der Waals surface area contributed by atoms with Gasteiger partial charge in [-0.2, -0.15) is 0 Å². The quantitative estimate of drug-likeness (QED) is 0.742. The molecule has 134 valence electrons. The molecule has 3 unspecified atom stereocenters. The summed E-state index contributed by atoms with van der Waals surface area (Å²) >= 11 is 0. The lowest BCUT2D eigenvalue weighted by Gasteiger charge is -2.18. The van der Waals surface area contributed by atoms with Crippen molar-refractivity contribution in [1.82, 2.24) is 0 Å². The summed E-state index contributed by atoms with van der Waals surface area (Å²) in [6, 6.07) is 13.0. The van der Waals surface area contributed by atoms with Crippen molar-refractivity contribution in [3.05, 3.63) is 53.6 Å². The molecule has 6 heteroatoms. The summed E-state index contributed by atoms with van der Waals surface area (Å²) in [5, 5.41) is 0. The molecule has 0 bridgehead atoms. The monoisotopic (exact) mass is 378 g/mol. The van der Waals surface area contributed by atoms with E-state index in [1.54, 1.807) is 18.6 Å². The fourth-order valence-electron chi connectivity index (χ4n) is 2.48. The molecule has 0 aliphatic carbocycles. The molecule has 0 heterocycles. The van der Waals surface area contributed by atoms with E-state index < -0.39 is 21.6 Å². The van der Waals surface area contributed by atoms with Crippen LogP contribution in [0.15, 0.2) is 52.3 Å². The first-order chi connectivity index (χ1) is 11.8. The Labute approximate surface area is 153 Å². The average molecular weight is 379 g/mol. The van der Waals surface area contributed by atoms with Gasteiger partial charge in [0, 0.05) is 55.4 Å². The zero-order chi connectivity index (χ0) is 18.6. The van der Waals surface area contributed by atoms with Crippen LogP contribution in [0.5, 0.6) is 5.75 Å².